The second-order valence-corrected chi connectivity index (χ2v) is 7.02. The Balaban J connectivity index is 2.03. The van der Waals surface area contributed by atoms with Crippen molar-refractivity contribution >= 4 is 27.5 Å². The number of ether oxygens (including phenoxy) is 1. The van der Waals surface area contributed by atoms with Crippen molar-refractivity contribution in [2.24, 2.45) is 4.40 Å². The minimum atomic E-state index is -3.63. The molecule has 2 aliphatic heterocycles. The fourth-order valence-corrected chi connectivity index (χ4v) is 4.01. The van der Waals surface area contributed by atoms with E-state index in [1.807, 2.05) is 11.8 Å². The van der Waals surface area contributed by atoms with Crippen molar-refractivity contribution in [2.45, 2.75) is 24.3 Å². The van der Waals surface area contributed by atoms with E-state index >= 15 is 0 Å². The molecule has 2 aliphatic rings. The van der Waals surface area contributed by atoms with Gasteiger partial charge in [-0.1, -0.05) is 11.6 Å². The van der Waals surface area contributed by atoms with Gasteiger partial charge in [-0.25, -0.2) is 0 Å². The summed E-state index contributed by atoms with van der Waals surface area (Å²) in [7, 11) is -3.63. The van der Waals surface area contributed by atoms with Crippen molar-refractivity contribution in [2.75, 3.05) is 19.7 Å². The van der Waals surface area contributed by atoms with Gasteiger partial charge in [-0.05, 0) is 31.5 Å². The first-order chi connectivity index (χ1) is 9.47. The zero-order valence-electron chi connectivity index (χ0n) is 11.0. The molecule has 0 aliphatic carbocycles. The van der Waals surface area contributed by atoms with Gasteiger partial charge in [-0.3, -0.25) is 0 Å². The maximum Gasteiger partial charge on any atom is 0.285 e. The number of halogens is 1. The Hall–Kier alpha value is -1.11. The van der Waals surface area contributed by atoms with Crippen molar-refractivity contribution in [1.82, 2.24) is 4.90 Å². The van der Waals surface area contributed by atoms with E-state index in [2.05, 4.69) is 4.40 Å². The van der Waals surface area contributed by atoms with Crippen LogP contribution in [0.1, 0.15) is 18.9 Å². The Morgan fingerprint density at radius 1 is 1.45 bits per heavy atom. The van der Waals surface area contributed by atoms with E-state index in [0.29, 0.717) is 29.6 Å². The lowest BCUT2D eigenvalue weighted by Crippen LogP contribution is -2.35. The Kier molecular flexibility index (Phi) is 3.48. The van der Waals surface area contributed by atoms with Crippen LogP contribution in [-0.4, -0.2) is 45.0 Å². The molecule has 0 bridgehead atoms. The SMILES string of the molecule is CC1CN(C2=NS(=O)(=O)c3cc(Cl)ccc32)CCCO1. The van der Waals surface area contributed by atoms with Crippen molar-refractivity contribution in [3.05, 3.63) is 28.8 Å². The lowest BCUT2D eigenvalue weighted by atomic mass is 10.1. The van der Waals surface area contributed by atoms with E-state index in [1.165, 1.54) is 6.07 Å². The van der Waals surface area contributed by atoms with E-state index in [4.69, 9.17) is 16.3 Å². The molecule has 1 aromatic carbocycles. The van der Waals surface area contributed by atoms with Crippen LogP contribution < -0.4 is 0 Å². The molecule has 1 aromatic rings. The molecule has 0 N–H and O–H groups in total. The first-order valence-corrected chi connectivity index (χ1v) is 8.30. The van der Waals surface area contributed by atoms with E-state index in [-0.39, 0.29) is 11.0 Å². The average molecular weight is 315 g/mol. The molecule has 1 fully saturated rings. The third-order valence-corrected chi connectivity index (χ3v) is 4.96. The van der Waals surface area contributed by atoms with Crippen molar-refractivity contribution < 1.29 is 13.2 Å². The van der Waals surface area contributed by atoms with E-state index in [1.54, 1.807) is 12.1 Å². The molecule has 108 valence electrons. The van der Waals surface area contributed by atoms with Gasteiger partial charge in [0.15, 0.2) is 5.84 Å². The molecule has 7 heteroatoms. The van der Waals surface area contributed by atoms with Crippen LogP contribution in [0.15, 0.2) is 27.5 Å². The molecule has 20 heavy (non-hydrogen) atoms. The molecule has 0 saturated carbocycles. The van der Waals surface area contributed by atoms with Crippen molar-refractivity contribution in [1.29, 1.82) is 0 Å². The monoisotopic (exact) mass is 314 g/mol. The molecule has 0 spiro atoms. The van der Waals surface area contributed by atoms with Crippen LogP contribution in [0.5, 0.6) is 0 Å². The second-order valence-electron chi connectivity index (χ2n) is 5.01. The number of hydrogen-bond acceptors (Lipinski definition) is 4. The molecule has 0 aromatic heterocycles. The number of fused-ring (bicyclic) bond motifs is 1. The number of sulfonamides is 1. The van der Waals surface area contributed by atoms with Gasteiger partial charge in [0.1, 0.15) is 4.90 Å². The maximum atomic E-state index is 12.1. The average Bonchev–Trinajstić information content (AvgIpc) is 2.53. The van der Waals surface area contributed by atoms with Crippen LogP contribution in [0, 0.1) is 0 Å². The summed E-state index contributed by atoms with van der Waals surface area (Å²) in [5.74, 6) is 0.508. The number of benzene rings is 1. The van der Waals surface area contributed by atoms with Crippen LogP contribution in [-0.2, 0) is 14.8 Å². The van der Waals surface area contributed by atoms with Crippen LogP contribution in [0.3, 0.4) is 0 Å². The van der Waals surface area contributed by atoms with Crippen LogP contribution in [0.2, 0.25) is 5.02 Å². The molecule has 0 amide bonds. The third kappa shape index (κ3) is 2.43. The number of hydrogen-bond donors (Lipinski definition) is 0. The first kappa shape index (κ1) is 13.9. The van der Waals surface area contributed by atoms with Gasteiger partial charge in [-0.2, -0.15) is 8.42 Å². The highest BCUT2D eigenvalue weighted by Crippen LogP contribution is 2.30. The van der Waals surface area contributed by atoms with Crippen molar-refractivity contribution in [3.63, 3.8) is 0 Å². The van der Waals surface area contributed by atoms with E-state index in [9.17, 15) is 8.42 Å². The predicted molar refractivity (Wildman–Crippen MR) is 76.8 cm³/mol. The Morgan fingerprint density at radius 3 is 3.05 bits per heavy atom. The smallest absolute Gasteiger partial charge is 0.285 e. The maximum absolute atomic E-state index is 12.1. The molecule has 3 rings (SSSR count). The molecule has 0 radical (unpaired) electrons. The summed E-state index contributed by atoms with van der Waals surface area (Å²) < 4.78 is 33.8. The summed E-state index contributed by atoms with van der Waals surface area (Å²) in [5.41, 5.74) is 0.628. The Morgan fingerprint density at radius 2 is 2.25 bits per heavy atom. The lowest BCUT2D eigenvalue weighted by Gasteiger charge is -2.23. The minimum absolute atomic E-state index is 0.0549. The quantitative estimate of drug-likeness (QED) is 0.734. The Labute approximate surface area is 123 Å². The standard InChI is InChI=1S/C13H15ClN2O3S/c1-9-8-16(5-2-6-19-9)13-11-4-3-10(14)7-12(11)20(17,18)15-13/h3-4,7,9H,2,5-6,8H2,1H3. The minimum Gasteiger partial charge on any atom is -0.377 e. The number of rotatable bonds is 0. The number of amidine groups is 1. The van der Waals surface area contributed by atoms with Gasteiger partial charge < -0.3 is 9.64 Å². The van der Waals surface area contributed by atoms with Crippen LogP contribution >= 0.6 is 11.6 Å². The first-order valence-electron chi connectivity index (χ1n) is 6.49. The molecule has 1 unspecified atom stereocenters. The highest BCUT2D eigenvalue weighted by Gasteiger charge is 2.33. The summed E-state index contributed by atoms with van der Waals surface area (Å²) in [5, 5.41) is 0.399. The van der Waals surface area contributed by atoms with Crippen LogP contribution in [0.4, 0.5) is 0 Å². The lowest BCUT2D eigenvalue weighted by molar-refractivity contribution is 0.0744. The third-order valence-electron chi connectivity index (χ3n) is 3.42. The van der Waals surface area contributed by atoms with Crippen LogP contribution in [0.25, 0.3) is 0 Å². The molecular weight excluding hydrogens is 300 g/mol. The predicted octanol–water partition coefficient (Wildman–Crippen LogP) is 1.90. The summed E-state index contributed by atoms with van der Waals surface area (Å²) in [4.78, 5) is 2.17. The molecule has 1 atom stereocenters. The zero-order valence-corrected chi connectivity index (χ0v) is 12.6. The summed E-state index contributed by atoms with van der Waals surface area (Å²) >= 11 is 5.88. The van der Waals surface area contributed by atoms with Gasteiger partial charge in [0.2, 0.25) is 0 Å². The normalized spacial score (nSPS) is 25.0. The summed E-state index contributed by atoms with van der Waals surface area (Å²) in [6.45, 7) is 4.04. The summed E-state index contributed by atoms with van der Waals surface area (Å²) in [6.07, 6.45) is 0.908. The molecular formula is C13H15ClN2O3S. The van der Waals surface area contributed by atoms with E-state index in [0.717, 1.165) is 13.0 Å². The topological polar surface area (TPSA) is 59.0 Å². The molecule has 2 heterocycles. The summed E-state index contributed by atoms with van der Waals surface area (Å²) in [6, 6.07) is 4.87. The van der Waals surface area contributed by atoms with E-state index < -0.39 is 10.0 Å². The zero-order chi connectivity index (χ0) is 14.3. The van der Waals surface area contributed by atoms with Gasteiger partial charge in [0, 0.05) is 30.3 Å². The molecule has 1 saturated heterocycles. The Bertz CT molecular complexity index is 672. The van der Waals surface area contributed by atoms with Crippen molar-refractivity contribution in [3.8, 4) is 0 Å². The largest absolute Gasteiger partial charge is 0.377 e. The fraction of sp³-hybridized carbons (Fsp3) is 0.462. The van der Waals surface area contributed by atoms with Gasteiger partial charge in [-0.15, -0.1) is 4.40 Å². The second kappa shape index (κ2) is 5.02. The van der Waals surface area contributed by atoms with Gasteiger partial charge >= 0.3 is 0 Å². The highest BCUT2D eigenvalue weighted by molar-refractivity contribution is 7.90. The highest BCUT2D eigenvalue weighted by atomic mass is 35.5. The van der Waals surface area contributed by atoms with Gasteiger partial charge in [0.05, 0.1) is 6.10 Å². The fourth-order valence-electron chi connectivity index (χ4n) is 2.52. The number of nitrogens with zero attached hydrogens (tertiary/aromatic N) is 2. The van der Waals surface area contributed by atoms with Gasteiger partial charge in [0.25, 0.3) is 10.0 Å². The molecule has 5 nitrogen and oxygen atoms in total.